The summed E-state index contributed by atoms with van der Waals surface area (Å²) in [7, 11) is 1.60. The van der Waals surface area contributed by atoms with Gasteiger partial charge in [-0.25, -0.2) is 13.6 Å². The van der Waals surface area contributed by atoms with Crippen LogP contribution in [0.3, 0.4) is 0 Å². The molecule has 4 aliphatic rings. The molecule has 1 aliphatic carbocycles. The predicted molar refractivity (Wildman–Crippen MR) is 144 cm³/mol. The van der Waals surface area contributed by atoms with Crippen LogP contribution in [0.5, 0.6) is 0 Å². The number of halogens is 2. The fraction of sp³-hybridized carbons (Fsp3) is 0.700. The monoisotopic (exact) mass is 544 g/mol. The van der Waals surface area contributed by atoms with Crippen LogP contribution in [0, 0.1) is 11.8 Å². The van der Waals surface area contributed by atoms with E-state index in [1.165, 1.54) is 4.90 Å². The van der Waals surface area contributed by atoms with Gasteiger partial charge in [0.05, 0.1) is 6.04 Å². The Bertz CT molecular complexity index is 1060. The minimum absolute atomic E-state index is 0.0721. The molecule has 0 aromatic heterocycles. The van der Waals surface area contributed by atoms with Gasteiger partial charge < -0.3 is 10.2 Å². The predicted octanol–water partition coefficient (Wildman–Crippen LogP) is 4.98. The van der Waals surface area contributed by atoms with Gasteiger partial charge in [0.2, 0.25) is 11.8 Å². The summed E-state index contributed by atoms with van der Waals surface area (Å²) in [5.41, 5.74) is 0.253. The molecule has 1 saturated carbocycles. The van der Waals surface area contributed by atoms with Crippen molar-refractivity contribution in [3.8, 4) is 0 Å². The fourth-order valence-corrected chi connectivity index (χ4v) is 7.45. The van der Waals surface area contributed by atoms with Gasteiger partial charge in [0.1, 0.15) is 5.54 Å². The maximum absolute atomic E-state index is 13.7. The molecule has 3 aliphatic heterocycles. The number of rotatable bonds is 8. The standard InChI is InChI=1S/C30H42F2N4O3/c1-20(2)19-36-28(39)34(3)27(38)29(36)17-23-9-10-24(18-29)35(23)16-13-25(21-7-5-4-6-8-21)33-26(37)22-11-14-30(31,32)15-12-22/h4-8,20,22-25H,9-19H2,1-3H3,(H,33,37)/t23?,24?,25-,29?/m0/s1. The number of carbonyl (C=O) groups excluding carboxylic acids is 3. The van der Waals surface area contributed by atoms with Gasteiger partial charge in [0.15, 0.2) is 0 Å². The minimum Gasteiger partial charge on any atom is -0.349 e. The number of imide groups is 1. The van der Waals surface area contributed by atoms with Crippen LogP contribution in [0.2, 0.25) is 0 Å². The fourth-order valence-electron chi connectivity index (χ4n) is 7.45. The van der Waals surface area contributed by atoms with Crippen LogP contribution in [0.15, 0.2) is 30.3 Å². The Morgan fingerprint density at radius 2 is 1.64 bits per heavy atom. The third kappa shape index (κ3) is 5.43. The molecule has 4 fully saturated rings. The summed E-state index contributed by atoms with van der Waals surface area (Å²) >= 11 is 0. The zero-order valence-electron chi connectivity index (χ0n) is 23.4. The van der Waals surface area contributed by atoms with Crippen molar-refractivity contribution in [2.45, 2.75) is 101 Å². The largest absolute Gasteiger partial charge is 0.349 e. The van der Waals surface area contributed by atoms with E-state index >= 15 is 0 Å². The van der Waals surface area contributed by atoms with E-state index in [9.17, 15) is 23.2 Å². The highest BCUT2D eigenvalue weighted by atomic mass is 19.3. The van der Waals surface area contributed by atoms with Gasteiger partial charge in [-0.1, -0.05) is 44.2 Å². The van der Waals surface area contributed by atoms with Crippen molar-refractivity contribution >= 4 is 17.8 Å². The van der Waals surface area contributed by atoms with Crippen LogP contribution in [-0.2, 0) is 9.59 Å². The van der Waals surface area contributed by atoms with Crippen molar-refractivity contribution in [1.82, 2.24) is 20.0 Å². The molecule has 3 atom stereocenters. The van der Waals surface area contributed by atoms with Gasteiger partial charge in [-0.3, -0.25) is 19.4 Å². The second-order valence-electron chi connectivity index (χ2n) is 12.6. The molecule has 1 aromatic carbocycles. The van der Waals surface area contributed by atoms with Crippen LogP contribution >= 0.6 is 0 Å². The van der Waals surface area contributed by atoms with Gasteiger partial charge in [-0.15, -0.1) is 0 Å². The first-order chi connectivity index (χ1) is 18.5. The van der Waals surface area contributed by atoms with E-state index < -0.39 is 11.5 Å². The number of piperidine rings is 1. The number of fused-ring (bicyclic) bond motifs is 2. The Labute approximate surface area is 230 Å². The Morgan fingerprint density at radius 3 is 2.23 bits per heavy atom. The van der Waals surface area contributed by atoms with Crippen molar-refractivity contribution in [3.05, 3.63) is 35.9 Å². The van der Waals surface area contributed by atoms with Crippen molar-refractivity contribution in [2.24, 2.45) is 11.8 Å². The number of amides is 4. The molecule has 9 heteroatoms. The SMILES string of the molecule is CC(C)CN1C(=O)N(C)C(=O)C12CC1CCC(C2)N1CC[C@H](NC(=O)C1CCC(F)(F)CC1)c1ccccc1. The first-order valence-corrected chi connectivity index (χ1v) is 14.6. The Morgan fingerprint density at radius 1 is 1.03 bits per heavy atom. The smallest absolute Gasteiger partial charge is 0.327 e. The van der Waals surface area contributed by atoms with Crippen LogP contribution < -0.4 is 5.32 Å². The van der Waals surface area contributed by atoms with E-state index in [1.807, 2.05) is 35.2 Å². The second-order valence-corrected chi connectivity index (χ2v) is 12.6. The molecule has 0 radical (unpaired) electrons. The topological polar surface area (TPSA) is 73.0 Å². The summed E-state index contributed by atoms with van der Waals surface area (Å²) in [6.07, 6.45) is 3.93. The number of benzene rings is 1. The highest BCUT2D eigenvalue weighted by Gasteiger charge is 2.61. The van der Waals surface area contributed by atoms with E-state index in [0.29, 0.717) is 25.8 Å². The summed E-state index contributed by atoms with van der Waals surface area (Å²) in [5, 5.41) is 3.19. The summed E-state index contributed by atoms with van der Waals surface area (Å²) in [6.45, 7) is 5.48. The maximum Gasteiger partial charge on any atom is 0.327 e. The second kappa shape index (κ2) is 10.8. The summed E-state index contributed by atoms with van der Waals surface area (Å²) < 4.78 is 27.3. The van der Waals surface area contributed by atoms with E-state index in [4.69, 9.17) is 0 Å². The van der Waals surface area contributed by atoms with Crippen molar-refractivity contribution < 1.29 is 23.2 Å². The Kier molecular flexibility index (Phi) is 7.74. The van der Waals surface area contributed by atoms with E-state index in [0.717, 1.165) is 24.9 Å². The average Bonchev–Trinajstić information content (AvgIpc) is 3.23. The molecule has 214 valence electrons. The third-order valence-corrected chi connectivity index (χ3v) is 9.49. The molecule has 1 aromatic rings. The van der Waals surface area contributed by atoms with Gasteiger partial charge >= 0.3 is 6.03 Å². The molecule has 3 saturated heterocycles. The number of hydrogen-bond donors (Lipinski definition) is 1. The Balaban J connectivity index is 1.28. The number of nitrogens with zero attached hydrogens (tertiary/aromatic N) is 3. The van der Waals surface area contributed by atoms with Gasteiger partial charge in [0.25, 0.3) is 5.91 Å². The lowest BCUT2D eigenvalue weighted by atomic mass is 9.80. The number of carbonyl (C=O) groups is 3. The summed E-state index contributed by atoms with van der Waals surface area (Å²) in [6, 6.07) is 9.85. The molecule has 1 spiro atoms. The van der Waals surface area contributed by atoms with E-state index in [2.05, 4.69) is 24.1 Å². The Hall–Kier alpha value is -2.55. The number of likely N-dealkylation sites (N-methyl/N-ethyl adjacent to an activating group) is 1. The molecule has 7 nitrogen and oxygen atoms in total. The van der Waals surface area contributed by atoms with E-state index in [1.54, 1.807) is 7.05 Å². The zero-order chi connectivity index (χ0) is 27.9. The number of hydrogen-bond acceptors (Lipinski definition) is 4. The van der Waals surface area contributed by atoms with Gasteiger partial charge in [-0.2, -0.15) is 0 Å². The normalized spacial score (nSPS) is 30.0. The lowest BCUT2D eigenvalue weighted by Crippen LogP contribution is -2.61. The molecule has 4 amide bonds. The van der Waals surface area contributed by atoms with Crippen LogP contribution in [0.1, 0.15) is 83.2 Å². The molecule has 3 heterocycles. The van der Waals surface area contributed by atoms with Crippen molar-refractivity contribution in [1.29, 1.82) is 0 Å². The average molecular weight is 545 g/mol. The first-order valence-electron chi connectivity index (χ1n) is 14.6. The number of nitrogens with one attached hydrogen (secondary N) is 1. The summed E-state index contributed by atoms with van der Waals surface area (Å²) in [4.78, 5) is 45.2. The van der Waals surface area contributed by atoms with Gasteiger partial charge in [0, 0.05) is 51.0 Å². The van der Waals surface area contributed by atoms with Crippen LogP contribution in [0.4, 0.5) is 13.6 Å². The molecular weight excluding hydrogens is 502 g/mol. The van der Waals surface area contributed by atoms with Gasteiger partial charge in [-0.05, 0) is 56.4 Å². The van der Waals surface area contributed by atoms with Crippen molar-refractivity contribution in [3.63, 3.8) is 0 Å². The number of urea groups is 1. The van der Waals surface area contributed by atoms with Crippen molar-refractivity contribution in [2.75, 3.05) is 20.1 Å². The molecular formula is C30H42F2N4O3. The molecule has 2 unspecified atom stereocenters. The lowest BCUT2D eigenvalue weighted by Gasteiger charge is -2.47. The third-order valence-electron chi connectivity index (χ3n) is 9.49. The number of alkyl halides is 2. The van der Waals surface area contributed by atoms with Crippen LogP contribution in [0.25, 0.3) is 0 Å². The highest BCUT2D eigenvalue weighted by Crippen LogP contribution is 2.47. The summed E-state index contributed by atoms with van der Waals surface area (Å²) in [5.74, 6) is -2.98. The lowest BCUT2D eigenvalue weighted by molar-refractivity contribution is -0.137. The maximum atomic E-state index is 13.7. The molecule has 1 N–H and O–H groups in total. The molecule has 5 rings (SSSR count). The van der Waals surface area contributed by atoms with Crippen LogP contribution in [-0.4, -0.2) is 76.2 Å². The first kappa shape index (κ1) is 28.0. The minimum atomic E-state index is -2.66. The highest BCUT2D eigenvalue weighted by molar-refractivity contribution is 6.07. The quantitative estimate of drug-likeness (QED) is 0.469. The zero-order valence-corrected chi connectivity index (χ0v) is 23.4. The molecule has 2 bridgehead atoms. The molecule has 39 heavy (non-hydrogen) atoms. The van der Waals surface area contributed by atoms with E-state index in [-0.39, 0.29) is 73.5 Å².